The van der Waals surface area contributed by atoms with Crippen molar-refractivity contribution in [3.8, 4) is 0 Å². The highest BCUT2D eigenvalue weighted by atomic mass is 16.3. The normalized spacial score (nSPS) is 19.6. The molecule has 2 amide bonds. The van der Waals surface area contributed by atoms with Crippen LogP contribution in [0, 0.1) is 0 Å². The summed E-state index contributed by atoms with van der Waals surface area (Å²) >= 11 is 0. The number of rotatable bonds is 2. The number of carbonyl (C=O) groups excluding carboxylic acids is 1. The van der Waals surface area contributed by atoms with Gasteiger partial charge < -0.3 is 15.7 Å². The molecule has 1 heterocycles. The number of nitrogens with two attached hydrogens (primary N) is 1. The summed E-state index contributed by atoms with van der Waals surface area (Å²) < 4.78 is 0. The summed E-state index contributed by atoms with van der Waals surface area (Å²) in [5.41, 5.74) is 5.11. The first-order valence-corrected chi connectivity index (χ1v) is 4.11. The van der Waals surface area contributed by atoms with Crippen molar-refractivity contribution < 1.29 is 9.90 Å². The van der Waals surface area contributed by atoms with Crippen LogP contribution in [0.3, 0.4) is 0 Å². The molecule has 3 N–H and O–H groups in total. The smallest absolute Gasteiger partial charge is 0.314 e. The third-order valence-corrected chi connectivity index (χ3v) is 2.10. The molecule has 0 aromatic carbocycles. The molecule has 5 heteroatoms. The summed E-state index contributed by atoms with van der Waals surface area (Å²) in [5, 5.41) is 8.65. The second-order valence-electron chi connectivity index (χ2n) is 2.89. The number of aliphatic hydroxyl groups is 1. The second kappa shape index (κ2) is 4.27. The van der Waals surface area contributed by atoms with Crippen molar-refractivity contribution in [1.82, 2.24) is 9.80 Å². The van der Waals surface area contributed by atoms with Gasteiger partial charge in [-0.1, -0.05) is 0 Å². The SMILES string of the molecule is NC(=O)N1CCN(CCO)CC1. The minimum Gasteiger partial charge on any atom is -0.395 e. The number of nitrogens with zero attached hydrogens (tertiary/aromatic N) is 2. The summed E-state index contributed by atoms with van der Waals surface area (Å²) in [4.78, 5) is 14.4. The highest BCUT2D eigenvalue weighted by molar-refractivity contribution is 5.72. The maximum atomic E-state index is 10.7. The van der Waals surface area contributed by atoms with E-state index < -0.39 is 0 Å². The van der Waals surface area contributed by atoms with E-state index in [0.717, 1.165) is 13.1 Å². The lowest BCUT2D eigenvalue weighted by atomic mass is 10.3. The van der Waals surface area contributed by atoms with Crippen LogP contribution in [0.4, 0.5) is 4.79 Å². The highest BCUT2D eigenvalue weighted by Gasteiger charge is 2.17. The van der Waals surface area contributed by atoms with Crippen molar-refractivity contribution in [2.24, 2.45) is 5.73 Å². The van der Waals surface area contributed by atoms with E-state index in [1.54, 1.807) is 4.90 Å². The van der Waals surface area contributed by atoms with Gasteiger partial charge in [0, 0.05) is 32.7 Å². The molecule has 0 saturated carbocycles. The molecule has 0 unspecified atom stereocenters. The maximum Gasteiger partial charge on any atom is 0.314 e. The lowest BCUT2D eigenvalue weighted by Gasteiger charge is -2.33. The minimum atomic E-state index is -0.348. The number of urea groups is 1. The summed E-state index contributed by atoms with van der Waals surface area (Å²) in [6.07, 6.45) is 0. The number of primary amides is 1. The Hall–Kier alpha value is -0.810. The fourth-order valence-electron chi connectivity index (χ4n) is 1.33. The first kappa shape index (κ1) is 9.28. The average molecular weight is 173 g/mol. The molecule has 1 aliphatic heterocycles. The van der Waals surface area contributed by atoms with Crippen molar-refractivity contribution in [2.75, 3.05) is 39.3 Å². The van der Waals surface area contributed by atoms with E-state index in [2.05, 4.69) is 4.90 Å². The van der Waals surface area contributed by atoms with E-state index >= 15 is 0 Å². The maximum absolute atomic E-state index is 10.7. The first-order chi connectivity index (χ1) is 5.74. The van der Waals surface area contributed by atoms with Crippen LogP contribution in [-0.4, -0.2) is 60.3 Å². The van der Waals surface area contributed by atoms with E-state index in [-0.39, 0.29) is 12.6 Å². The van der Waals surface area contributed by atoms with Gasteiger partial charge in [0.15, 0.2) is 0 Å². The molecule has 12 heavy (non-hydrogen) atoms. The van der Waals surface area contributed by atoms with Gasteiger partial charge in [-0.25, -0.2) is 4.79 Å². The van der Waals surface area contributed by atoms with Gasteiger partial charge in [-0.05, 0) is 0 Å². The van der Waals surface area contributed by atoms with Gasteiger partial charge in [0.1, 0.15) is 0 Å². The molecule has 0 aromatic rings. The fraction of sp³-hybridized carbons (Fsp3) is 0.857. The topological polar surface area (TPSA) is 69.8 Å². The lowest BCUT2D eigenvalue weighted by Crippen LogP contribution is -2.50. The standard InChI is InChI=1S/C7H15N3O2/c8-7(12)10-3-1-9(2-4-10)5-6-11/h11H,1-6H2,(H2,8,12). The van der Waals surface area contributed by atoms with Crippen LogP contribution < -0.4 is 5.73 Å². The Kier molecular flexibility index (Phi) is 3.31. The van der Waals surface area contributed by atoms with Gasteiger partial charge in [-0.15, -0.1) is 0 Å². The monoisotopic (exact) mass is 173 g/mol. The molecule has 1 saturated heterocycles. The van der Waals surface area contributed by atoms with Gasteiger partial charge >= 0.3 is 6.03 Å². The lowest BCUT2D eigenvalue weighted by molar-refractivity contribution is 0.126. The predicted octanol–water partition coefficient (Wildman–Crippen LogP) is -1.32. The molecule has 0 radical (unpaired) electrons. The molecule has 1 aliphatic rings. The molecule has 0 bridgehead atoms. The van der Waals surface area contributed by atoms with Crippen LogP contribution in [0.2, 0.25) is 0 Å². The molecule has 5 nitrogen and oxygen atoms in total. The number of piperazine rings is 1. The van der Waals surface area contributed by atoms with Gasteiger partial charge in [0.2, 0.25) is 0 Å². The molecule has 1 rings (SSSR count). The van der Waals surface area contributed by atoms with Crippen LogP contribution in [0.25, 0.3) is 0 Å². The van der Waals surface area contributed by atoms with Gasteiger partial charge in [0.05, 0.1) is 6.61 Å². The third-order valence-electron chi connectivity index (χ3n) is 2.10. The zero-order valence-corrected chi connectivity index (χ0v) is 7.07. The number of amides is 2. The molecule has 70 valence electrons. The molecule has 0 aliphatic carbocycles. The molecule has 0 spiro atoms. The van der Waals surface area contributed by atoms with Gasteiger partial charge in [-0.2, -0.15) is 0 Å². The van der Waals surface area contributed by atoms with E-state index in [9.17, 15) is 4.79 Å². The first-order valence-electron chi connectivity index (χ1n) is 4.11. The molecule has 0 aromatic heterocycles. The third kappa shape index (κ3) is 2.35. The largest absolute Gasteiger partial charge is 0.395 e. The summed E-state index contributed by atoms with van der Waals surface area (Å²) in [6, 6.07) is -0.348. The van der Waals surface area contributed by atoms with Crippen molar-refractivity contribution in [2.45, 2.75) is 0 Å². The van der Waals surface area contributed by atoms with Crippen molar-refractivity contribution in [1.29, 1.82) is 0 Å². The minimum absolute atomic E-state index is 0.177. The number of hydrogen-bond acceptors (Lipinski definition) is 3. The molecule has 0 atom stereocenters. The van der Waals surface area contributed by atoms with E-state index in [1.807, 2.05) is 0 Å². The predicted molar refractivity (Wildman–Crippen MR) is 44.7 cm³/mol. The fourth-order valence-corrected chi connectivity index (χ4v) is 1.33. The number of hydrogen-bond donors (Lipinski definition) is 2. The van der Waals surface area contributed by atoms with Gasteiger partial charge in [-0.3, -0.25) is 4.90 Å². The number of β-amino-alcohol motifs (C(OH)–C–C–N with tert-alkyl or cyclic N) is 1. The zero-order chi connectivity index (χ0) is 8.97. The Morgan fingerprint density at radius 1 is 1.33 bits per heavy atom. The molecule has 1 fully saturated rings. The molecular weight excluding hydrogens is 158 g/mol. The Morgan fingerprint density at radius 3 is 2.33 bits per heavy atom. The van der Waals surface area contributed by atoms with Crippen molar-refractivity contribution in [3.05, 3.63) is 0 Å². The van der Waals surface area contributed by atoms with Crippen molar-refractivity contribution in [3.63, 3.8) is 0 Å². The van der Waals surface area contributed by atoms with Crippen LogP contribution in [-0.2, 0) is 0 Å². The quantitative estimate of drug-likeness (QED) is 0.544. The number of carbonyl (C=O) groups is 1. The molecular formula is C7H15N3O2. The zero-order valence-electron chi connectivity index (χ0n) is 7.07. The van der Waals surface area contributed by atoms with Crippen LogP contribution in [0.1, 0.15) is 0 Å². The summed E-state index contributed by atoms with van der Waals surface area (Å²) in [6.45, 7) is 3.83. The van der Waals surface area contributed by atoms with Crippen LogP contribution in [0.15, 0.2) is 0 Å². The Morgan fingerprint density at radius 2 is 1.92 bits per heavy atom. The Labute approximate surface area is 71.7 Å². The number of aliphatic hydroxyl groups excluding tert-OH is 1. The van der Waals surface area contributed by atoms with Crippen LogP contribution in [0.5, 0.6) is 0 Å². The van der Waals surface area contributed by atoms with Crippen LogP contribution >= 0.6 is 0 Å². The Balaban J connectivity index is 2.25. The van der Waals surface area contributed by atoms with E-state index in [1.165, 1.54) is 0 Å². The second-order valence-corrected chi connectivity index (χ2v) is 2.89. The van der Waals surface area contributed by atoms with E-state index in [0.29, 0.717) is 19.6 Å². The average Bonchev–Trinajstić information content (AvgIpc) is 2.06. The summed E-state index contributed by atoms with van der Waals surface area (Å²) in [5.74, 6) is 0. The van der Waals surface area contributed by atoms with E-state index in [4.69, 9.17) is 10.8 Å². The van der Waals surface area contributed by atoms with Crippen molar-refractivity contribution >= 4 is 6.03 Å². The highest BCUT2D eigenvalue weighted by Crippen LogP contribution is 1.99. The summed E-state index contributed by atoms with van der Waals surface area (Å²) in [7, 11) is 0. The van der Waals surface area contributed by atoms with Gasteiger partial charge in [0.25, 0.3) is 0 Å². The Bertz CT molecular complexity index is 155.